The van der Waals surface area contributed by atoms with Gasteiger partial charge in [-0.25, -0.2) is 4.79 Å². The molecule has 0 fully saturated rings. The summed E-state index contributed by atoms with van der Waals surface area (Å²) in [6, 6.07) is 5.28. The van der Waals surface area contributed by atoms with Crippen LogP contribution in [0.25, 0.3) is 6.08 Å². The van der Waals surface area contributed by atoms with Crippen molar-refractivity contribution in [2.75, 3.05) is 7.11 Å². The molecule has 1 rings (SSSR count). The molecule has 0 radical (unpaired) electrons. The SMILES string of the molecule is COC(=O)C=Cc1ccc(OC(=O)CC(C)O)c(CC=C(C)C)c1. The molecule has 5 nitrogen and oxygen atoms in total. The molecule has 0 spiro atoms. The predicted octanol–water partition coefficient (Wildman–Crippen LogP) is 3.06. The highest BCUT2D eigenvalue weighted by Crippen LogP contribution is 2.23. The van der Waals surface area contributed by atoms with Crippen molar-refractivity contribution < 1.29 is 24.2 Å². The molecule has 130 valence electrons. The van der Waals surface area contributed by atoms with Crippen molar-refractivity contribution in [2.24, 2.45) is 0 Å². The van der Waals surface area contributed by atoms with E-state index in [1.807, 2.05) is 26.0 Å². The second-order valence-corrected chi connectivity index (χ2v) is 5.74. The molecule has 1 atom stereocenters. The molecule has 0 saturated carbocycles. The number of allylic oxidation sites excluding steroid dienone is 2. The molecule has 1 N–H and O–H groups in total. The second-order valence-electron chi connectivity index (χ2n) is 5.74. The molecule has 24 heavy (non-hydrogen) atoms. The van der Waals surface area contributed by atoms with Crippen LogP contribution in [0.2, 0.25) is 0 Å². The van der Waals surface area contributed by atoms with Crippen molar-refractivity contribution in [1.82, 2.24) is 0 Å². The number of carbonyl (C=O) groups is 2. The van der Waals surface area contributed by atoms with E-state index in [-0.39, 0.29) is 6.42 Å². The van der Waals surface area contributed by atoms with Gasteiger partial charge in [0.15, 0.2) is 0 Å². The third-order valence-electron chi connectivity index (χ3n) is 3.11. The summed E-state index contributed by atoms with van der Waals surface area (Å²) in [6.45, 7) is 5.51. The Morgan fingerprint density at radius 2 is 2.00 bits per heavy atom. The highest BCUT2D eigenvalue weighted by molar-refractivity contribution is 5.87. The number of hydrogen-bond acceptors (Lipinski definition) is 5. The Kier molecular flexibility index (Phi) is 7.92. The lowest BCUT2D eigenvalue weighted by atomic mass is 10.0. The van der Waals surface area contributed by atoms with Crippen LogP contribution in [0.15, 0.2) is 35.9 Å². The number of carbonyl (C=O) groups excluding carboxylic acids is 2. The number of ether oxygens (including phenoxy) is 2. The number of aliphatic hydroxyl groups excluding tert-OH is 1. The van der Waals surface area contributed by atoms with Gasteiger partial charge in [0.1, 0.15) is 5.75 Å². The van der Waals surface area contributed by atoms with Gasteiger partial charge in [-0.15, -0.1) is 0 Å². The van der Waals surface area contributed by atoms with Gasteiger partial charge in [-0.1, -0.05) is 17.7 Å². The van der Waals surface area contributed by atoms with Crippen molar-refractivity contribution in [3.63, 3.8) is 0 Å². The number of benzene rings is 1. The minimum absolute atomic E-state index is 0.0634. The van der Waals surface area contributed by atoms with Crippen molar-refractivity contribution in [1.29, 1.82) is 0 Å². The molecule has 0 heterocycles. The second kappa shape index (κ2) is 9.67. The highest BCUT2D eigenvalue weighted by atomic mass is 16.5. The van der Waals surface area contributed by atoms with Gasteiger partial charge in [0.25, 0.3) is 0 Å². The quantitative estimate of drug-likeness (QED) is 0.359. The lowest BCUT2D eigenvalue weighted by molar-refractivity contribution is -0.136. The summed E-state index contributed by atoms with van der Waals surface area (Å²) < 4.78 is 9.91. The summed E-state index contributed by atoms with van der Waals surface area (Å²) in [5.74, 6) is -0.469. The minimum atomic E-state index is -0.749. The molecule has 1 aromatic carbocycles. The molecule has 0 bridgehead atoms. The van der Waals surface area contributed by atoms with Crippen LogP contribution < -0.4 is 4.74 Å². The van der Waals surface area contributed by atoms with Crippen LogP contribution in [-0.2, 0) is 20.7 Å². The third kappa shape index (κ3) is 7.24. The number of rotatable bonds is 7. The van der Waals surface area contributed by atoms with Gasteiger partial charge >= 0.3 is 11.9 Å². The van der Waals surface area contributed by atoms with E-state index >= 15 is 0 Å². The van der Waals surface area contributed by atoms with Gasteiger partial charge in [-0.2, -0.15) is 0 Å². The fraction of sp³-hybridized carbons (Fsp3) is 0.368. The third-order valence-corrected chi connectivity index (χ3v) is 3.11. The van der Waals surface area contributed by atoms with Crippen LogP contribution >= 0.6 is 0 Å². The zero-order valence-corrected chi connectivity index (χ0v) is 14.5. The molecule has 5 heteroatoms. The van der Waals surface area contributed by atoms with Crippen LogP contribution in [0.5, 0.6) is 5.75 Å². The maximum absolute atomic E-state index is 11.8. The first-order valence-electron chi connectivity index (χ1n) is 7.73. The fourth-order valence-corrected chi connectivity index (χ4v) is 1.91. The van der Waals surface area contributed by atoms with E-state index in [0.29, 0.717) is 12.2 Å². The Labute approximate surface area is 142 Å². The van der Waals surface area contributed by atoms with Crippen LogP contribution in [-0.4, -0.2) is 30.3 Å². The Balaban J connectivity index is 3.04. The average Bonchev–Trinajstić information content (AvgIpc) is 2.51. The zero-order valence-electron chi connectivity index (χ0n) is 14.5. The summed E-state index contributed by atoms with van der Waals surface area (Å²) >= 11 is 0. The zero-order chi connectivity index (χ0) is 18.1. The fourth-order valence-electron chi connectivity index (χ4n) is 1.91. The molecule has 0 aromatic heterocycles. The summed E-state index contributed by atoms with van der Waals surface area (Å²) in [5, 5.41) is 9.27. The van der Waals surface area contributed by atoms with Gasteiger partial charge in [0.05, 0.1) is 19.6 Å². The first-order valence-corrected chi connectivity index (χ1v) is 7.73. The number of methoxy groups -OCH3 is 1. The van der Waals surface area contributed by atoms with Crippen LogP contribution in [0.1, 0.15) is 38.3 Å². The number of hydrogen-bond donors (Lipinski definition) is 1. The molecule has 0 saturated heterocycles. The van der Waals surface area contributed by atoms with E-state index in [4.69, 9.17) is 4.74 Å². The van der Waals surface area contributed by atoms with Gasteiger partial charge in [0, 0.05) is 6.08 Å². The number of esters is 2. The largest absolute Gasteiger partial charge is 0.466 e. The first kappa shape index (κ1) is 19.6. The Morgan fingerprint density at radius 3 is 2.58 bits per heavy atom. The van der Waals surface area contributed by atoms with E-state index in [1.54, 1.807) is 18.2 Å². The van der Waals surface area contributed by atoms with E-state index in [9.17, 15) is 14.7 Å². The number of aliphatic hydroxyl groups is 1. The Morgan fingerprint density at radius 1 is 1.29 bits per heavy atom. The summed E-state index contributed by atoms with van der Waals surface area (Å²) in [5.41, 5.74) is 2.77. The average molecular weight is 332 g/mol. The molecular formula is C19H24O5. The molecule has 0 aliphatic rings. The maximum Gasteiger partial charge on any atom is 0.330 e. The Bertz CT molecular complexity index is 637. The maximum atomic E-state index is 11.8. The normalized spacial score (nSPS) is 11.9. The molecule has 1 unspecified atom stereocenters. The Hall–Kier alpha value is -2.40. The van der Waals surface area contributed by atoms with E-state index < -0.39 is 18.0 Å². The van der Waals surface area contributed by atoms with Gasteiger partial charge in [0.2, 0.25) is 0 Å². The lowest BCUT2D eigenvalue weighted by Crippen LogP contribution is -2.15. The van der Waals surface area contributed by atoms with Crippen LogP contribution in [0, 0.1) is 0 Å². The first-order chi connectivity index (χ1) is 11.3. The molecule has 1 aromatic rings. The molecule has 0 aliphatic heterocycles. The van der Waals surface area contributed by atoms with E-state index in [2.05, 4.69) is 4.74 Å². The van der Waals surface area contributed by atoms with E-state index in [0.717, 1.165) is 16.7 Å². The topological polar surface area (TPSA) is 72.8 Å². The standard InChI is InChI=1S/C19H24O5/c1-13(2)5-8-16-12-15(7-10-18(21)23-4)6-9-17(16)24-19(22)11-14(3)20/h5-7,9-10,12,14,20H,8,11H2,1-4H3. The highest BCUT2D eigenvalue weighted by Gasteiger charge is 2.12. The minimum Gasteiger partial charge on any atom is -0.466 e. The van der Waals surface area contributed by atoms with Gasteiger partial charge in [-0.05, 0) is 56.5 Å². The molecule has 0 aliphatic carbocycles. The van der Waals surface area contributed by atoms with Crippen molar-refractivity contribution in [3.8, 4) is 5.75 Å². The van der Waals surface area contributed by atoms with Gasteiger partial charge < -0.3 is 14.6 Å². The predicted molar refractivity (Wildman–Crippen MR) is 92.6 cm³/mol. The summed E-state index contributed by atoms with van der Waals surface area (Å²) in [7, 11) is 1.32. The van der Waals surface area contributed by atoms with E-state index in [1.165, 1.54) is 20.1 Å². The van der Waals surface area contributed by atoms with Gasteiger partial charge in [-0.3, -0.25) is 4.79 Å². The summed E-state index contributed by atoms with van der Waals surface area (Å²) in [6.07, 6.45) is 4.78. The molecular weight excluding hydrogens is 308 g/mol. The summed E-state index contributed by atoms with van der Waals surface area (Å²) in [4.78, 5) is 23.0. The van der Waals surface area contributed by atoms with Crippen molar-refractivity contribution in [2.45, 2.75) is 39.7 Å². The lowest BCUT2D eigenvalue weighted by Gasteiger charge is -2.11. The molecule has 0 amide bonds. The van der Waals surface area contributed by atoms with Crippen molar-refractivity contribution >= 4 is 18.0 Å². The monoisotopic (exact) mass is 332 g/mol. The smallest absolute Gasteiger partial charge is 0.330 e. The van der Waals surface area contributed by atoms with Crippen molar-refractivity contribution in [3.05, 3.63) is 47.1 Å². The van der Waals surface area contributed by atoms with Crippen LogP contribution in [0.4, 0.5) is 0 Å². The van der Waals surface area contributed by atoms with Crippen LogP contribution in [0.3, 0.4) is 0 Å².